The highest BCUT2D eigenvalue weighted by molar-refractivity contribution is 7.09. The summed E-state index contributed by atoms with van der Waals surface area (Å²) >= 11 is 1.60. The van der Waals surface area contributed by atoms with E-state index in [0.717, 1.165) is 16.2 Å². The minimum absolute atomic E-state index is 0.274. The molecule has 0 saturated heterocycles. The number of hydrogen-bond acceptors (Lipinski definition) is 5. The third-order valence-electron chi connectivity index (χ3n) is 3.46. The largest absolute Gasteiger partial charge is 0.497 e. The molecule has 0 bridgehead atoms. The van der Waals surface area contributed by atoms with E-state index in [9.17, 15) is 9.59 Å². The van der Waals surface area contributed by atoms with Gasteiger partial charge < -0.3 is 14.8 Å². The van der Waals surface area contributed by atoms with Crippen LogP contribution in [0.2, 0.25) is 0 Å². The molecule has 0 aliphatic heterocycles. The number of thiophene rings is 1. The first-order chi connectivity index (χ1) is 11.6. The van der Waals surface area contributed by atoms with Gasteiger partial charge in [-0.15, -0.1) is 11.3 Å². The summed E-state index contributed by atoms with van der Waals surface area (Å²) in [6, 6.07) is 11.3. The lowest BCUT2D eigenvalue weighted by molar-refractivity contribution is -0.154. The molecule has 1 aromatic carbocycles. The molecule has 2 rings (SSSR count). The van der Waals surface area contributed by atoms with Crippen molar-refractivity contribution in [2.75, 3.05) is 7.11 Å². The van der Waals surface area contributed by atoms with E-state index in [1.807, 2.05) is 41.8 Å². The molecule has 0 unspecified atom stereocenters. The second-order valence-corrected chi connectivity index (χ2v) is 6.31. The lowest BCUT2D eigenvalue weighted by Gasteiger charge is -2.13. The number of methoxy groups -OCH3 is 1. The highest BCUT2D eigenvalue weighted by Gasteiger charge is 2.17. The number of benzene rings is 1. The molecule has 0 radical (unpaired) electrons. The van der Waals surface area contributed by atoms with Gasteiger partial charge in [-0.1, -0.05) is 18.2 Å². The van der Waals surface area contributed by atoms with Crippen molar-refractivity contribution in [2.45, 2.75) is 32.4 Å². The van der Waals surface area contributed by atoms with Crippen LogP contribution < -0.4 is 10.1 Å². The van der Waals surface area contributed by atoms with Crippen molar-refractivity contribution in [1.29, 1.82) is 0 Å². The molecule has 0 aliphatic carbocycles. The summed E-state index contributed by atoms with van der Waals surface area (Å²) in [5, 5.41) is 4.72. The van der Waals surface area contributed by atoms with Gasteiger partial charge in [0.2, 0.25) is 0 Å². The van der Waals surface area contributed by atoms with Crippen LogP contribution in [-0.2, 0) is 27.3 Å². The average molecular weight is 347 g/mol. The Hall–Kier alpha value is -2.34. The van der Waals surface area contributed by atoms with Crippen molar-refractivity contribution >= 4 is 23.2 Å². The Morgan fingerprint density at radius 2 is 1.96 bits per heavy atom. The maximum Gasteiger partial charge on any atom is 0.306 e. The summed E-state index contributed by atoms with van der Waals surface area (Å²) in [4.78, 5) is 24.9. The van der Waals surface area contributed by atoms with Gasteiger partial charge in [0.25, 0.3) is 5.91 Å². The number of carbonyl (C=O) groups is 2. The zero-order valence-electron chi connectivity index (χ0n) is 13.8. The van der Waals surface area contributed by atoms with Crippen molar-refractivity contribution in [3.63, 3.8) is 0 Å². The molecule has 1 N–H and O–H groups in total. The Balaban J connectivity index is 1.71. The quantitative estimate of drug-likeness (QED) is 0.746. The van der Waals surface area contributed by atoms with Gasteiger partial charge >= 0.3 is 5.97 Å². The first-order valence-electron chi connectivity index (χ1n) is 7.71. The SMILES string of the molecule is COc1ccc(CNC(=O)[C@@H](C)OC(=O)CCc2cccs2)cc1. The lowest BCUT2D eigenvalue weighted by Crippen LogP contribution is -2.35. The zero-order chi connectivity index (χ0) is 17.4. The molecule has 128 valence electrons. The Morgan fingerprint density at radius 3 is 2.58 bits per heavy atom. The molecule has 0 spiro atoms. The maximum atomic E-state index is 12.0. The Kier molecular flexibility index (Phi) is 6.81. The predicted molar refractivity (Wildman–Crippen MR) is 93.0 cm³/mol. The van der Waals surface area contributed by atoms with E-state index in [4.69, 9.17) is 9.47 Å². The molecule has 6 heteroatoms. The summed E-state index contributed by atoms with van der Waals surface area (Å²) in [5.41, 5.74) is 0.945. The maximum absolute atomic E-state index is 12.0. The van der Waals surface area contributed by atoms with E-state index in [1.54, 1.807) is 25.4 Å². The lowest BCUT2D eigenvalue weighted by atomic mass is 10.2. The highest BCUT2D eigenvalue weighted by Crippen LogP contribution is 2.12. The van der Waals surface area contributed by atoms with Crippen LogP contribution >= 0.6 is 11.3 Å². The van der Waals surface area contributed by atoms with E-state index in [2.05, 4.69) is 5.32 Å². The predicted octanol–water partition coefficient (Wildman–Crippen LogP) is 2.94. The summed E-state index contributed by atoms with van der Waals surface area (Å²) < 4.78 is 10.3. The fraction of sp³-hybridized carbons (Fsp3) is 0.333. The number of amides is 1. The normalized spacial score (nSPS) is 11.6. The van der Waals surface area contributed by atoms with Crippen molar-refractivity contribution in [2.24, 2.45) is 0 Å². The smallest absolute Gasteiger partial charge is 0.306 e. The first kappa shape index (κ1) is 18.0. The Morgan fingerprint density at radius 1 is 1.21 bits per heavy atom. The van der Waals surface area contributed by atoms with Crippen LogP contribution in [0.4, 0.5) is 0 Å². The molecular formula is C18H21NO4S. The van der Waals surface area contributed by atoms with Crippen molar-refractivity contribution in [3.8, 4) is 5.75 Å². The van der Waals surface area contributed by atoms with Crippen molar-refractivity contribution in [1.82, 2.24) is 5.32 Å². The van der Waals surface area contributed by atoms with Gasteiger partial charge in [0.05, 0.1) is 13.5 Å². The molecular weight excluding hydrogens is 326 g/mol. The summed E-state index contributed by atoms with van der Waals surface area (Å²) in [6.07, 6.45) is 0.104. The number of esters is 1. The van der Waals surface area contributed by atoms with Crippen LogP contribution in [0.1, 0.15) is 23.8 Å². The summed E-state index contributed by atoms with van der Waals surface area (Å²) in [7, 11) is 1.60. The number of hydrogen-bond donors (Lipinski definition) is 1. The third kappa shape index (κ3) is 5.70. The summed E-state index contributed by atoms with van der Waals surface area (Å²) in [5.74, 6) is 0.0869. The molecule has 5 nitrogen and oxygen atoms in total. The van der Waals surface area contributed by atoms with Gasteiger partial charge in [0.15, 0.2) is 6.10 Å². The van der Waals surface area contributed by atoms with Crippen LogP contribution in [0.25, 0.3) is 0 Å². The van der Waals surface area contributed by atoms with Crippen LogP contribution in [0.3, 0.4) is 0 Å². The number of ether oxygens (including phenoxy) is 2. The van der Waals surface area contributed by atoms with Crippen LogP contribution in [0.5, 0.6) is 5.75 Å². The van der Waals surface area contributed by atoms with E-state index >= 15 is 0 Å². The Bertz CT molecular complexity index is 652. The zero-order valence-corrected chi connectivity index (χ0v) is 14.6. The molecule has 0 saturated carbocycles. The number of aryl methyl sites for hydroxylation is 1. The van der Waals surface area contributed by atoms with Crippen LogP contribution in [-0.4, -0.2) is 25.1 Å². The Labute approximate surface area is 145 Å². The molecule has 24 heavy (non-hydrogen) atoms. The molecule has 1 atom stereocenters. The summed E-state index contributed by atoms with van der Waals surface area (Å²) in [6.45, 7) is 1.95. The minimum atomic E-state index is -0.806. The van der Waals surface area contributed by atoms with Gasteiger partial charge in [0, 0.05) is 11.4 Å². The van der Waals surface area contributed by atoms with Gasteiger partial charge in [-0.3, -0.25) is 9.59 Å². The van der Waals surface area contributed by atoms with E-state index in [0.29, 0.717) is 13.0 Å². The monoisotopic (exact) mass is 347 g/mol. The van der Waals surface area contributed by atoms with E-state index < -0.39 is 6.10 Å². The van der Waals surface area contributed by atoms with E-state index in [-0.39, 0.29) is 18.3 Å². The molecule has 1 heterocycles. The fourth-order valence-electron chi connectivity index (χ4n) is 2.07. The number of rotatable bonds is 8. The molecule has 0 fully saturated rings. The fourth-order valence-corrected chi connectivity index (χ4v) is 2.77. The average Bonchev–Trinajstić information content (AvgIpc) is 3.11. The van der Waals surface area contributed by atoms with Gasteiger partial charge in [0.1, 0.15) is 5.75 Å². The van der Waals surface area contributed by atoms with Gasteiger partial charge in [-0.25, -0.2) is 0 Å². The molecule has 1 aromatic heterocycles. The second-order valence-electron chi connectivity index (χ2n) is 5.28. The number of carbonyl (C=O) groups excluding carboxylic acids is 2. The second kappa shape index (κ2) is 9.08. The number of nitrogens with one attached hydrogen (secondary N) is 1. The van der Waals surface area contributed by atoms with Gasteiger partial charge in [-0.05, 0) is 42.5 Å². The van der Waals surface area contributed by atoms with Crippen LogP contribution in [0.15, 0.2) is 41.8 Å². The highest BCUT2D eigenvalue weighted by atomic mass is 32.1. The van der Waals surface area contributed by atoms with E-state index in [1.165, 1.54) is 0 Å². The topological polar surface area (TPSA) is 64.6 Å². The molecule has 0 aliphatic rings. The molecule has 2 aromatic rings. The standard InChI is InChI=1S/C18H21NO4S/c1-13(23-17(20)10-9-16-4-3-11-24-16)18(21)19-12-14-5-7-15(22-2)8-6-14/h3-8,11,13H,9-10,12H2,1-2H3,(H,19,21)/t13-/m1/s1. The first-order valence-corrected chi connectivity index (χ1v) is 8.59. The van der Waals surface area contributed by atoms with Crippen molar-refractivity contribution < 1.29 is 19.1 Å². The van der Waals surface area contributed by atoms with Crippen molar-refractivity contribution in [3.05, 3.63) is 52.2 Å². The van der Waals surface area contributed by atoms with Gasteiger partial charge in [-0.2, -0.15) is 0 Å². The third-order valence-corrected chi connectivity index (χ3v) is 4.40. The minimum Gasteiger partial charge on any atom is -0.497 e. The van der Waals surface area contributed by atoms with Crippen LogP contribution in [0, 0.1) is 0 Å². The molecule has 1 amide bonds.